The summed E-state index contributed by atoms with van der Waals surface area (Å²) in [4.78, 5) is 0.250. The Labute approximate surface area is 89.7 Å². The topological polar surface area (TPSA) is 54.4 Å². The standard InChI is InChI=1S/C11H14O3S/c1-10(2)11(3,12)8-6-4-5-7-9(8)15(10,13)14/h4-7,12H,1-3H3. The summed E-state index contributed by atoms with van der Waals surface area (Å²) in [6, 6.07) is 6.63. The molecule has 1 aromatic carbocycles. The lowest BCUT2D eigenvalue weighted by molar-refractivity contribution is 0.0263. The first-order valence-electron chi connectivity index (χ1n) is 4.79. The molecule has 1 N–H and O–H groups in total. The monoisotopic (exact) mass is 226 g/mol. The molecule has 1 aliphatic heterocycles. The van der Waals surface area contributed by atoms with Gasteiger partial charge in [0, 0.05) is 5.56 Å². The van der Waals surface area contributed by atoms with E-state index in [4.69, 9.17) is 0 Å². The highest BCUT2D eigenvalue weighted by Crippen LogP contribution is 2.50. The van der Waals surface area contributed by atoms with Crippen LogP contribution in [0.1, 0.15) is 26.3 Å². The summed E-state index contributed by atoms with van der Waals surface area (Å²) in [6.45, 7) is 4.67. The van der Waals surface area contributed by atoms with E-state index in [1.807, 2.05) is 0 Å². The molecule has 1 aromatic rings. The third-order valence-corrected chi connectivity index (χ3v) is 6.22. The summed E-state index contributed by atoms with van der Waals surface area (Å²) in [6.07, 6.45) is 0. The number of aliphatic hydroxyl groups is 1. The van der Waals surface area contributed by atoms with Gasteiger partial charge < -0.3 is 5.11 Å². The van der Waals surface area contributed by atoms with Gasteiger partial charge in [-0.2, -0.15) is 0 Å². The quantitative estimate of drug-likeness (QED) is 0.728. The zero-order valence-corrected chi connectivity index (χ0v) is 9.80. The average Bonchev–Trinajstić information content (AvgIpc) is 2.26. The van der Waals surface area contributed by atoms with Crippen LogP contribution in [0.5, 0.6) is 0 Å². The Morgan fingerprint density at radius 3 is 2.20 bits per heavy atom. The van der Waals surface area contributed by atoms with Crippen LogP contribution < -0.4 is 0 Å². The highest BCUT2D eigenvalue weighted by atomic mass is 32.2. The molecular formula is C11H14O3S. The molecule has 3 nitrogen and oxygen atoms in total. The van der Waals surface area contributed by atoms with E-state index in [9.17, 15) is 13.5 Å². The molecule has 0 bridgehead atoms. The van der Waals surface area contributed by atoms with Crippen molar-refractivity contribution in [3.8, 4) is 0 Å². The van der Waals surface area contributed by atoms with Crippen molar-refractivity contribution in [2.24, 2.45) is 0 Å². The fourth-order valence-corrected chi connectivity index (χ4v) is 3.96. The fraction of sp³-hybridized carbons (Fsp3) is 0.455. The zero-order valence-electron chi connectivity index (χ0n) is 8.98. The van der Waals surface area contributed by atoms with Crippen LogP contribution in [-0.2, 0) is 15.4 Å². The van der Waals surface area contributed by atoms with Crippen molar-refractivity contribution >= 4 is 9.84 Å². The number of fused-ring (bicyclic) bond motifs is 1. The maximum Gasteiger partial charge on any atom is 0.187 e. The van der Waals surface area contributed by atoms with E-state index in [0.717, 1.165) is 0 Å². The Morgan fingerprint density at radius 1 is 1.13 bits per heavy atom. The molecule has 82 valence electrons. The fourth-order valence-electron chi connectivity index (χ4n) is 1.96. The van der Waals surface area contributed by atoms with Crippen LogP contribution in [0.2, 0.25) is 0 Å². The summed E-state index contributed by atoms with van der Waals surface area (Å²) in [5.41, 5.74) is -0.836. The van der Waals surface area contributed by atoms with E-state index in [1.54, 1.807) is 45.0 Å². The van der Waals surface area contributed by atoms with Gasteiger partial charge in [-0.15, -0.1) is 0 Å². The molecule has 1 heterocycles. The number of benzene rings is 1. The van der Waals surface area contributed by atoms with Gasteiger partial charge in [-0.25, -0.2) is 8.42 Å². The average molecular weight is 226 g/mol. The lowest BCUT2D eigenvalue weighted by Crippen LogP contribution is -2.44. The molecule has 1 unspecified atom stereocenters. The molecule has 0 amide bonds. The molecular weight excluding hydrogens is 212 g/mol. The first kappa shape index (κ1) is 10.6. The largest absolute Gasteiger partial charge is 0.384 e. The Hall–Kier alpha value is -0.870. The van der Waals surface area contributed by atoms with Gasteiger partial charge in [-0.1, -0.05) is 18.2 Å². The predicted octanol–water partition coefficient (Wildman–Crippen LogP) is 1.46. The van der Waals surface area contributed by atoms with Gasteiger partial charge in [0.25, 0.3) is 0 Å². The van der Waals surface area contributed by atoms with E-state index in [-0.39, 0.29) is 4.90 Å². The Kier molecular flexibility index (Phi) is 1.86. The molecule has 2 rings (SSSR count). The predicted molar refractivity (Wildman–Crippen MR) is 57.3 cm³/mol. The molecule has 4 heteroatoms. The van der Waals surface area contributed by atoms with Crippen LogP contribution in [0, 0.1) is 0 Å². The Balaban J connectivity index is 2.90. The van der Waals surface area contributed by atoms with Crippen molar-refractivity contribution in [1.29, 1.82) is 0 Å². The third kappa shape index (κ3) is 1.01. The molecule has 0 saturated heterocycles. The minimum absolute atomic E-state index is 0.250. The SMILES string of the molecule is CC1(O)c2ccccc2S(=O)(=O)C1(C)C. The molecule has 0 saturated carbocycles. The maximum absolute atomic E-state index is 12.2. The molecule has 0 fully saturated rings. The van der Waals surface area contributed by atoms with E-state index >= 15 is 0 Å². The van der Waals surface area contributed by atoms with Crippen LogP contribution >= 0.6 is 0 Å². The summed E-state index contributed by atoms with van der Waals surface area (Å²) in [7, 11) is -3.44. The highest BCUT2D eigenvalue weighted by molar-refractivity contribution is 7.93. The van der Waals surface area contributed by atoms with Gasteiger partial charge in [0.05, 0.1) is 4.90 Å². The first-order chi connectivity index (χ1) is 6.73. The molecule has 0 radical (unpaired) electrons. The molecule has 0 spiro atoms. The van der Waals surface area contributed by atoms with E-state index in [1.165, 1.54) is 0 Å². The van der Waals surface area contributed by atoms with Crippen molar-refractivity contribution in [3.05, 3.63) is 29.8 Å². The number of hydrogen-bond donors (Lipinski definition) is 1. The van der Waals surface area contributed by atoms with Crippen molar-refractivity contribution < 1.29 is 13.5 Å². The second kappa shape index (κ2) is 2.62. The van der Waals surface area contributed by atoms with Crippen LogP contribution in [-0.4, -0.2) is 18.3 Å². The van der Waals surface area contributed by atoms with Crippen molar-refractivity contribution in [2.45, 2.75) is 36.0 Å². The van der Waals surface area contributed by atoms with E-state index in [2.05, 4.69) is 0 Å². The van der Waals surface area contributed by atoms with Crippen LogP contribution in [0.3, 0.4) is 0 Å². The van der Waals surface area contributed by atoms with Crippen molar-refractivity contribution in [1.82, 2.24) is 0 Å². The molecule has 0 aromatic heterocycles. The maximum atomic E-state index is 12.2. The van der Waals surface area contributed by atoms with E-state index < -0.39 is 20.2 Å². The second-order valence-corrected chi connectivity index (χ2v) is 7.05. The van der Waals surface area contributed by atoms with Gasteiger partial charge in [0.15, 0.2) is 9.84 Å². The van der Waals surface area contributed by atoms with Gasteiger partial charge >= 0.3 is 0 Å². The minimum atomic E-state index is -3.44. The van der Waals surface area contributed by atoms with Crippen molar-refractivity contribution in [3.63, 3.8) is 0 Å². The van der Waals surface area contributed by atoms with Gasteiger partial charge in [0.2, 0.25) is 0 Å². The number of sulfone groups is 1. The lowest BCUT2D eigenvalue weighted by Gasteiger charge is -2.31. The Bertz CT molecular complexity index is 512. The van der Waals surface area contributed by atoms with Crippen LogP contribution in [0.25, 0.3) is 0 Å². The van der Waals surface area contributed by atoms with Gasteiger partial charge in [-0.05, 0) is 26.8 Å². The smallest absolute Gasteiger partial charge is 0.187 e. The minimum Gasteiger partial charge on any atom is -0.384 e. The summed E-state index contributed by atoms with van der Waals surface area (Å²) in [5, 5.41) is 10.3. The summed E-state index contributed by atoms with van der Waals surface area (Å²) >= 11 is 0. The lowest BCUT2D eigenvalue weighted by atomic mass is 9.85. The first-order valence-corrected chi connectivity index (χ1v) is 6.28. The normalized spacial score (nSPS) is 31.2. The molecule has 0 aliphatic carbocycles. The van der Waals surface area contributed by atoms with Gasteiger partial charge in [0.1, 0.15) is 10.3 Å². The highest BCUT2D eigenvalue weighted by Gasteiger charge is 2.58. The van der Waals surface area contributed by atoms with Gasteiger partial charge in [-0.3, -0.25) is 0 Å². The Morgan fingerprint density at radius 2 is 1.67 bits per heavy atom. The molecule has 1 aliphatic rings. The van der Waals surface area contributed by atoms with Crippen molar-refractivity contribution in [2.75, 3.05) is 0 Å². The van der Waals surface area contributed by atoms with E-state index in [0.29, 0.717) is 5.56 Å². The summed E-state index contributed by atoms with van der Waals surface area (Å²) in [5.74, 6) is 0. The zero-order chi connectivity index (χ0) is 11.5. The van der Waals surface area contributed by atoms with Crippen LogP contribution in [0.4, 0.5) is 0 Å². The third-order valence-electron chi connectivity index (χ3n) is 3.55. The van der Waals surface area contributed by atoms with Crippen LogP contribution in [0.15, 0.2) is 29.2 Å². The number of hydrogen-bond acceptors (Lipinski definition) is 3. The summed E-state index contributed by atoms with van der Waals surface area (Å²) < 4.78 is 23.1. The number of rotatable bonds is 0. The second-order valence-electron chi connectivity index (χ2n) is 4.58. The molecule has 1 atom stereocenters. The molecule has 15 heavy (non-hydrogen) atoms.